The number of fused-ring (bicyclic) bond motifs is 1. The summed E-state index contributed by atoms with van der Waals surface area (Å²) < 4.78 is 0. The second-order valence-electron chi connectivity index (χ2n) is 5.85. The van der Waals surface area contributed by atoms with Crippen molar-refractivity contribution in [2.24, 2.45) is 5.73 Å². The van der Waals surface area contributed by atoms with Gasteiger partial charge in [0.1, 0.15) is 0 Å². The normalized spacial score (nSPS) is 11.8. The van der Waals surface area contributed by atoms with Crippen molar-refractivity contribution in [1.82, 2.24) is 10.3 Å². The molecule has 0 saturated heterocycles. The van der Waals surface area contributed by atoms with Crippen molar-refractivity contribution >= 4 is 16.8 Å². The molecule has 4 nitrogen and oxygen atoms in total. The number of aryl methyl sites for hydroxylation is 2. The molecule has 0 aliphatic rings. The SMILES string of the molecule is Cc1ccc2c(C(=O)NCC(C)(C)N)c(C)[nH]c2c1. The largest absolute Gasteiger partial charge is 0.358 e. The summed E-state index contributed by atoms with van der Waals surface area (Å²) >= 11 is 0. The molecule has 1 aromatic heterocycles. The lowest BCUT2D eigenvalue weighted by molar-refractivity contribution is 0.0947. The van der Waals surface area contributed by atoms with Gasteiger partial charge >= 0.3 is 0 Å². The van der Waals surface area contributed by atoms with Crippen LogP contribution in [0.1, 0.15) is 35.5 Å². The molecule has 4 heteroatoms. The molecule has 0 fully saturated rings. The Balaban J connectivity index is 2.34. The maximum atomic E-state index is 12.3. The van der Waals surface area contributed by atoms with Crippen LogP contribution in [0.25, 0.3) is 10.9 Å². The summed E-state index contributed by atoms with van der Waals surface area (Å²) in [6, 6.07) is 6.04. The highest BCUT2D eigenvalue weighted by atomic mass is 16.1. The Bertz CT molecular complexity index is 620. The number of hydrogen-bond donors (Lipinski definition) is 3. The molecular weight excluding hydrogens is 238 g/mol. The van der Waals surface area contributed by atoms with Crippen molar-refractivity contribution in [1.29, 1.82) is 0 Å². The molecule has 0 atom stereocenters. The van der Waals surface area contributed by atoms with Crippen LogP contribution in [0, 0.1) is 13.8 Å². The monoisotopic (exact) mass is 259 g/mol. The van der Waals surface area contributed by atoms with E-state index in [1.165, 1.54) is 5.56 Å². The second-order valence-corrected chi connectivity index (χ2v) is 5.85. The summed E-state index contributed by atoms with van der Waals surface area (Å²) in [4.78, 5) is 15.5. The summed E-state index contributed by atoms with van der Waals surface area (Å²) in [5, 5.41) is 3.84. The van der Waals surface area contributed by atoms with Crippen molar-refractivity contribution < 1.29 is 4.79 Å². The van der Waals surface area contributed by atoms with E-state index in [1.807, 2.05) is 45.9 Å². The van der Waals surface area contributed by atoms with Crippen molar-refractivity contribution in [3.63, 3.8) is 0 Å². The van der Waals surface area contributed by atoms with E-state index >= 15 is 0 Å². The number of H-pyrrole nitrogens is 1. The van der Waals surface area contributed by atoms with Crippen LogP contribution in [-0.2, 0) is 0 Å². The van der Waals surface area contributed by atoms with E-state index in [-0.39, 0.29) is 5.91 Å². The van der Waals surface area contributed by atoms with Crippen LogP contribution in [-0.4, -0.2) is 23.0 Å². The molecule has 0 aliphatic carbocycles. The summed E-state index contributed by atoms with van der Waals surface area (Å²) in [6.07, 6.45) is 0. The zero-order valence-electron chi connectivity index (χ0n) is 11.9. The second kappa shape index (κ2) is 4.70. The van der Waals surface area contributed by atoms with Crippen molar-refractivity contribution in [2.45, 2.75) is 33.2 Å². The molecule has 1 amide bonds. The van der Waals surface area contributed by atoms with Gasteiger partial charge in [-0.1, -0.05) is 12.1 Å². The van der Waals surface area contributed by atoms with Crippen molar-refractivity contribution in [2.75, 3.05) is 6.54 Å². The molecule has 0 radical (unpaired) electrons. The molecule has 0 unspecified atom stereocenters. The first kappa shape index (κ1) is 13.6. The number of carbonyl (C=O) groups is 1. The molecule has 1 heterocycles. The van der Waals surface area contributed by atoms with E-state index in [0.717, 1.165) is 16.6 Å². The van der Waals surface area contributed by atoms with E-state index in [2.05, 4.69) is 10.3 Å². The standard InChI is InChI=1S/C15H21N3O/c1-9-5-6-11-12(7-9)18-10(2)13(11)14(19)17-8-15(3,4)16/h5-7,18H,8,16H2,1-4H3,(H,17,19). The van der Waals surface area contributed by atoms with Gasteiger partial charge in [-0.3, -0.25) is 4.79 Å². The molecule has 2 rings (SSSR count). The van der Waals surface area contributed by atoms with Gasteiger partial charge in [0.05, 0.1) is 5.56 Å². The Labute approximate surface area is 113 Å². The molecule has 0 saturated carbocycles. The molecule has 1 aromatic carbocycles. The van der Waals surface area contributed by atoms with Gasteiger partial charge in [-0.2, -0.15) is 0 Å². The predicted molar refractivity (Wildman–Crippen MR) is 78.4 cm³/mol. The Morgan fingerprint density at radius 2 is 2.05 bits per heavy atom. The van der Waals surface area contributed by atoms with Gasteiger partial charge in [0, 0.05) is 28.7 Å². The van der Waals surface area contributed by atoms with Gasteiger partial charge < -0.3 is 16.0 Å². The van der Waals surface area contributed by atoms with E-state index in [9.17, 15) is 4.79 Å². The lowest BCUT2D eigenvalue weighted by Crippen LogP contribution is -2.45. The van der Waals surface area contributed by atoms with Gasteiger partial charge in [-0.25, -0.2) is 0 Å². The lowest BCUT2D eigenvalue weighted by atomic mass is 10.1. The molecular formula is C15H21N3O. The number of rotatable bonds is 3. The average Bonchev–Trinajstić information content (AvgIpc) is 2.60. The number of aromatic nitrogens is 1. The van der Waals surface area contributed by atoms with Crippen molar-refractivity contribution in [3.8, 4) is 0 Å². The van der Waals surface area contributed by atoms with Crippen molar-refractivity contribution in [3.05, 3.63) is 35.0 Å². The van der Waals surface area contributed by atoms with E-state index in [1.54, 1.807) is 0 Å². The van der Waals surface area contributed by atoms with Crippen LogP contribution in [0.15, 0.2) is 18.2 Å². The van der Waals surface area contributed by atoms with Crippen LogP contribution in [0.3, 0.4) is 0 Å². The fourth-order valence-corrected chi connectivity index (χ4v) is 2.14. The first-order valence-corrected chi connectivity index (χ1v) is 6.44. The zero-order valence-corrected chi connectivity index (χ0v) is 11.9. The summed E-state index contributed by atoms with van der Waals surface area (Å²) in [5.41, 5.74) is 9.23. The number of carbonyl (C=O) groups excluding carboxylic acids is 1. The van der Waals surface area contributed by atoms with Gasteiger partial charge in [-0.15, -0.1) is 0 Å². The Kier molecular flexibility index (Phi) is 3.37. The lowest BCUT2D eigenvalue weighted by Gasteiger charge is -2.18. The number of benzene rings is 1. The van der Waals surface area contributed by atoms with Gasteiger partial charge in [0.25, 0.3) is 5.91 Å². The highest BCUT2D eigenvalue weighted by molar-refractivity contribution is 6.08. The molecule has 19 heavy (non-hydrogen) atoms. The first-order chi connectivity index (χ1) is 8.78. The molecule has 2 aromatic rings. The minimum absolute atomic E-state index is 0.0777. The maximum Gasteiger partial charge on any atom is 0.253 e. The zero-order chi connectivity index (χ0) is 14.2. The molecule has 0 aliphatic heterocycles. The Morgan fingerprint density at radius 1 is 1.37 bits per heavy atom. The van der Waals surface area contributed by atoms with Crippen LogP contribution in [0.4, 0.5) is 0 Å². The third-order valence-electron chi connectivity index (χ3n) is 3.07. The molecule has 4 N–H and O–H groups in total. The fourth-order valence-electron chi connectivity index (χ4n) is 2.14. The summed E-state index contributed by atoms with van der Waals surface area (Å²) in [7, 11) is 0. The Hall–Kier alpha value is -1.81. The van der Waals surface area contributed by atoms with Crippen LogP contribution >= 0.6 is 0 Å². The molecule has 0 bridgehead atoms. The minimum Gasteiger partial charge on any atom is -0.358 e. The van der Waals surface area contributed by atoms with E-state index in [0.29, 0.717) is 12.1 Å². The average molecular weight is 259 g/mol. The number of nitrogens with two attached hydrogens (primary N) is 1. The highest BCUT2D eigenvalue weighted by Gasteiger charge is 2.18. The molecule has 0 spiro atoms. The predicted octanol–water partition coefficient (Wildman–Crippen LogP) is 2.25. The third kappa shape index (κ3) is 2.96. The molecule has 102 valence electrons. The maximum absolute atomic E-state index is 12.3. The van der Waals surface area contributed by atoms with E-state index < -0.39 is 5.54 Å². The quantitative estimate of drug-likeness (QED) is 0.791. The van der Waals surface area contributed by atoms with Gasteiger partial charge in [0.2, 0.25) is 0 Å². The summed E-state index contributed by atoms with van der Waals surface area (Å²) in [6.45, 7) is 8.17. The van der Waals surface area contributed by atoms with Gasteiger partial charge in [-0.05, 0) is 39.3 Å². The van der Waals surface area contributed by atoms with Crippen LogP contribution < -0.4 is 11.1 Å². The smallest absolute Gasteiger partial charge is 0.253 e. The topological polar surface area (TPSA) is 70.9 Å². The number of amides is 1. The number of nitrogens with one attached hydrogen (secondary N) is 2. The fraction of sp³-hybridized carbons (Fsp3) is 0.400. The van der Waals surface area contributed by atoms with Crippen LogP contribution in [0.2, 0.25) is 0 Å². The Morgan fingerprint density at radius 3 is 2.68 bits per heavy atom. The first-order valence-electron chi connectivity index (χ1n) is 6.44. The minimum atomic E-state index is -0.410. The summed E-state index contributed by atoms with van der Waals surface area (Å²) in [5.74, 6) is -0.0777. The third-order valence-corrected chi connectivity index (χ3v) is 3.07. The van der Waals surface area contributed by atoms with Gasteiger partial charge in [0.15, 0.2) is 0 Å². The highest BCUT2D eigenvalue weighted by Crippen LogP contribution is 2.23. The number of hydrogen-bond acceptors (Lipinski definition) is 2. The number of aromatic amines is 1. The van der Waals surface area contributed by atoms with E-state index in [4.69, 9.17) is 5.73 Å². The van der Waals surface area contributed by atoms with Crippen LogP contribution in [0.5, 0.6) is 0 Å².